The number of aliphatic hydroxyl groups is 2. The van der Waals surface area contributed by atoms with E-state index in [0.717, 1.165) is 5.57 Å². The van der Waals surface area contributed by atoms with Crippen LogP contribution in [0.2, 0.25) is 0 Å². The van der Waals surface area contributed by atoms with Gasteiger partial charge in [0.05, 0.1) is 17.6 Å². The van der Waals surface area contributed by atoms with Crippen molar-refractivity contribution < 1.29 is 29.3 Å². The summed E-state index contributed by atoms with van der Waals surface area (Å²) in [5.41, 5.74) is 5.37. The number of halogens is 1. The van der Waals surface area contributed by atoms with Gasteiger partial charge in [0, 0.05) is 13.0 Å². The number of nitrogens with one attached hydrogen (secondary N) is 1. The minimum Gasteiger partial charge on any atom is -0.443 e. The zero-order valence-electron chi connectivity index (χ0n) is 19.1. The van der Waals surface area contributed by atoms with Crippen LogP contribution in [0.15, 0.2) is 23.8 Å². The van der Waals surface area contributed by atoms with Gasteiger partial charge in [-0.1, -0.05) is 32.1 Å². The molecule has 2 unspecified atom stereocenters. The van der Waals surface area contributed by atoms with Crippen molar-refractivity contribution in [2.75, 3.05) is 13.0 Å². The van der Waals surface area contributed by atoms with Crippen molar-refractivity contribution in [1.29, 1.82) is 0 Å². The van der Waals surface area contributed by atoms with Gasteiger partial charge in [-0.05, 0) is 44.6 Å². The van der Waals surface area contributed by atoms with Crippen molar-refractivity contribution in [1.82, 2.24) is 5.32 Å². The molecule has 1 fully saturated rings. The van der Waals surface area contributed by atoms with Gasteiger partial charge < -0.3 is 30.7 Å². The van der Waals surface area contributed by atoms with Gasteiger partial charge in [0.15, 0.2) is 0 Å². The number of rotatable bonds is 10. The summed E-state index contributed by atoms with van der Waals surface area (Å²) in [5.74, 6) is -1.74. The van der Waals surface area contributed by atoms with E-state index in [1.807, 2.05) is 19.9 Å². The molecular formula is C22H37ClN2O6. The molecule has 0 spiro atoms. The van der Waals surface area contributed by atoms with Crippen molar-refractivity contribution in [3.63, 3.8) is 0 Å². The van der Waals surface area contributed by atoms with E-state index in [9.17, 15) is 19.8 Å². The van der Waals surface area contributed by atoms with Crippen LogP contribution in [0.4, 0.5) is 4.79 Å². The number of hydrogen-bond acceptors (Lipinski definition) is 6. The maximum absolute atomic E-state index is 12.4. The Morgan fingerprint density at radius 1 is 1.39 bits per heavy atom. The van der Waals surface area contributed by atoms with Gasteiger partial charge in [0.2, 0.25) is 5.91 Å². The Kier molecular flexibility index (Phi) is 10.5. The predicted molar refractivity (Wildman–Crippen MR) is 120 cm³/mol. The topological polar surface area (TPSA) is 131 Å². The van der Waals surface area contributed by atoms with E-state index in [-0.39, 0.29) is 24.6 Å². The molecule has 1 saturated carbocycles. The van der Waals surface area contributed by atoms with Crippen LogP contribution in [0.1, 0.15) is 47.0 Å². The van der Waals surface area contributed by atoms with Crippen LogP contribution in [0.3, 0.4) is 0 Å². The molecule has 178 valence electrons. The molecule has 1 aliphatic carbocycles. The summed E-state index contributed by atoms with van der Waals surface area (Å²) in [6.45, 7) is 11.4. The standard InChI is InChI=1S/C22H37ClN2O6/c1-12(2)7-8-15(26)14(5)17-19(30-6)16(9-10-22(17,29)11-23)31-21(28)25-18(13(3)4)20(24)27/h7,13,15-19,26,29H,5,8-11H2,1-4,6H3,(H2,24,27)(H,25,28)/t15?,16-,17?,18-,19-,22+/m1/s1. The van der Waals surface area contributed by atoms with Gasteiger partial charge in [-0.3, -0.25) is 4.79 Å². The molecule has 1 aliphatic rings. The molecule has 5 N–H and O–H groups in total. The van der Waals surface area contributed by atoms with Crippen LogP contribution in [0, 0.1) is 11.8 Å². The number of carbonyl (C=O) groups excluding carboxylic acids is 2. The van der Waals surface area contributed by atoms with Gasteiger partial charge in [-0.25, -0.2) is 4.79 Å². The molecule has 0 aromatic rings. The summed E-state index contributed by atoms with van der Waals surface area (Å²) in [7, 11) is 1.43. The molecule has 0 bridgehead atoms. The number of carbonyl (C=O) groups is 2. The molecule has 0 saturated heterocycles. The highest BCUT2D eigenvalue weighted by molar-refractivity contribution is 6.18. The number of hydrogen-bond donors (Lipinski definition) is 4. The quantitative estimate of drug-likeness (QED) is 0.292. The first-order valence-electron chi connectivity index (χ1n) is 10.5. The van der Waals surface area contributed by atoms with Crippen LogP contribution in [0.25, 0.3) is 0 Å². The fourth-order valence-electron chi connectivity index (χ4n) is 3.92. The molecule has 1 rings (SSSR count). The number of primary amides is 1. The lowest BCUT2D eigenvalue weighted by Gasteiger charge is -2.47. The highest BCUT2D eigenvalue weighted by Gasteiger charge is 2.52. The minimum absolute atomic E-state index is 0.0953. The Morgan fingerprint density at radius 3 is 2.45 bits per heavy atom. The Bertz CT molecular complexity index is 679. The molecule has 2 amide bonds. The maximum atomic E-state index is 12.4. The molecule has 0 aromatic carbocycles. The number of amides is 2. The summed E-state index contributed by atoms with van der Waals surface area (Å²) in [4.78, 5) is 24.0. The minimum atomic E-state index is -1.38. The molecule has 31 heavy (non-hydrogen) atoms. The second kappa shape index (κ2) is 11.9. The molecule has 9 heteroatoms. The van der Waals surface area contributed by atoms with Crippen molar-refractivity contribution in [3.8, 4) is 0 Å². The van der Waals surface area contributed by atoms with E-state index in [4.69, 9.17) is 26.8 Å². The number of ether oxygens (including phenoxy) is 2. The van der Waals surface area contributed by atoms with E-state index in [2.05, 4.69) is 11.9 Å². The van der Waals surface area contributed by atoms with Gasteiger partial charge in [-0.2, -0.15) is 0 Å². The molecule has 0 heterocycles. The van der Waals surface area contributed by atoms with Gasteiger partial charge in [0.1, 0.15) is 18.2 Å². The van der Waals surface area contributed by atoms with E-state index >= 15 is 0 Å². The zero-order chi connectivity index (χ0) is 23.9. The van der Waals surface area contributed by atoms with E-state index in [1.54, 1.807) is 13.8 Å². The summed E-state index contributed by atoms with van der Waals surface area (Å²) < 4.78 is 11.2. The summed E-state index contributed by atoms with van der Waals surface area (Å²) in [6.07, 6.45) is -0.571. The molecule has 8 nitrogen and oxygen atoms in total. The van der Waals surface area contributed by atoms with Crippen LogP contribution >= 0.6 is 11.6 Å². The summed E-state index contributed by atoms with van der Waals surface area (Å²) in [5, 5.41) is 24.3. The lowest BCUT2D eigenvalue weighted by atomic mass is 9.68. The Balaban J connectivity index is 3.08. The van der Waals surface area contributed by atoms with Crippen molar-refractivity contribution in [2.45, 2.75) is 76.9 Å². The predicted octanol–water partition coefficient (Wildman–Crippen LogP) is 2.26. The van der Waals surface area contributed by atoms with Crippen molar-refractivity contribution in [2.24, 2.45) is 17.6 Å². The van der Waals surface area contributed by atoms with E-state index in [0.29, 0.717) is 12.0 Å². The fraction of sp³-hybridized carbons (Fsp3) is 0.727. The number of alkyl carbamates (subject to hydrolysis) is 1. The van der Waals surface area contributed by atoms with Gasteiger partial charge >= 0.3 is 6.09 Å². The SMILES string of the molecule is C=C(C(O)CC=C(C)C)C1[C@H](OC)[C@H](OC(=O)N[C@@H](C(N)=O)C(C)C)CC[C@]1(O)CCl. The highest BCUT2D eigenvalue weighted by atomic mass is 35.5. The normalized spacial score (nSPS) is 27.8. The van der Waals surface area contributed by atoms with E-state index < -0.39 is 47.9 Å². The third-order valence-electron chi connectivity index (χ3n) is 5.72. The highest BCUT2D eigenvalue weighted by Crippen LogP contribution is 2.42. The summed E-state index contributed by atoms with van der Waals surface area (Å²) in [6, 6.07) is -0.881. The first-order valence-corrected chi connectivity index (χ1v) is 11.0. The number of nitrogens with two attached hydrogens (primary N) is 1. The maximum Gasteiger partial charge on any atom is 0.408 e. The average Bonchev–Trinajstić information content (AvgIpc) is 2.70. The Hall–Kier alpha value is -1.61. The summed E-state index contributed by atoms with van der Waals surface area (Å²) >= 11 is 6.10. The van der Waals surface area contributed by atoms with Crippen LogP contribution in [0.5, 0.6) is 0 Å². The molecule has 6 atom stereocenters. The van der Waals surface area contributed by atoms with E-state index in [1.165, 1.54) is 7.11 Å². The van der Waals surface area contributed by atoms with Gasteiger partial charge in [-0.15, -0.1) is 11.6 Å². The number of alkyl halides is 1. The fourth-order valence-corrected chi connectivity index (χ4v) is 4.22. The van der Waals surface area contributed by atoms with Crippen molar-refractivity contribution in [3.05, 3.63) is 23.8 Å². The first-order chi connectivity index (χ1) is 14.4. The Morgan fingerprint density at radius 2 is 2.00 bits per heavy atom. The van der Waals surface area contributed by atoms with Crippen LogP contribution in [-0.4, -0.2) is 65.2 Å². The number of allylic oxidation sites excluding steroid dienone is 1. The number of methoxy groups -OCH3 is 1. The smallest absolute Gasteiger partial charge is 0.408 e. The second-order valence-corrected chi connectivity index (χ2v) is 9.04. The van der Waals surface area contributed by atoms with Crippen LogP contribution in [-0.2, 0) is 14.3 Å². The third kappa shape index (κ3) is 7.20. The third-order valence-corrected chi connectivity index (χ3v) is 6.18. The van der Waals surface area contributed by atoms with Crippen molar-refractivity contribution >= 4 is 23.6 Å². The second-order valence-electron chi connectivity index (χ2n) is 8.77. The molecule has 0 aliphatic heterocycles. The van der Waals surface area contributed by atoms with Gasteiger partial charge in [0.25, 0.3) is 0 Å². The lowest BCUT2D eigenvalue weighted by molar-refractivity contribution is -0.143. The lowest BCUT2D eigenvalue weighted by Crippen LogP contribution is -2.58. The first kappa shape index (κ1) is 27.4. The zero-order valence-corrected chi connectivity index (χ0v) is 19.8. The average molecular weight is 461 g/mol. The molecule has 0 aromatic heterocycles. The molecule has 0 radical (unpaired) electrons. The largest absolute Gasteiger partial charge is 0.443 e. The molecular weight excluding hydrogens is 424 g/mol. The monoisotopic (exact) mass is 460 g/mol. The number of aliphatic hydroxyl groups excluding tert-OH is 1. The Labute approximate surface area is 189 Å². The van der Waals surface area contributed by atoms with Crippen LogP contribution < -0.4 is 11.1 Å².